The zero-order valence-corrected chi connectivity index (χ0v) is 8.00. The van der Waals surface area contributed by atoms with Crippen molar-refractivity contribution >= 4 is 6.09 Å². The molecule has 0 atom stereocenters. The second-order valence-electron chi connectivity index (χ2n) is 3.30. The van der Waals surface area contributed by atoms with Gasteiger partial charge in [-0.05, 0) is 12.8 Å². The van der Waals surface area contributed by atoms with Gasteiger partial charge in [-0.15, -0.1) is 0 Å². The number of ether oxygens (including phenoxy) is 1. The normalized spacial score (nSPS) is 18.1. The number of hydrogen-bond acceptors (Lipinski definition) is 3. The molecule has 1 saturated heterocycles. The lowest BCUT2D eigenvalue weighted by Crippen LogP contribution is -2.33. The van der Waals surface area contributed by atoms with Crippen molar-refractivity contribution in [1.29, 1.82) is 0 Å². The second-order valence-corrected chi connectivity index (χ2v) is 3.30. The third-order valence-electron chi connectivity index (χ3n) is 2.21. The Morgan fingerprint density at radius 2 is 1.85 bits per heavy atom. The predicted molar refractivity (Wildman–Crippen MR) is 50.4 cm³/mol. The first-order valence-electron chi connectivity index (χ1n) is 4.96. The Labute approximate surface area is 79.0 Å². The number of hydrogen-bond donors (Lipinski definition) is 1. The standard InChI is InChI=1S/C9H18N2O2/c10-5-8-13-9(12)11-6-3-1-2-4-7-11/h1-8,10H2. The van der Waals surface area contributed by atoms with Crippen molar-refractivity contribution in [2.75, 3.05) is 26.2 Å². The van der Waals surface area contributed by atoms with E-state index in [0.717, 1.165) is 25.9 Å². The van der Waals surface area contributed by atoms with E-state index in [4.69, 9.17) is 10.5 Å². The zero-order valence-electron chi connectivity index (χ0n) is 8.00. The summed E-state index contributed by atoms with van der Waals surface area (Å²) in [6, 6.07) is 0. The molecule has 0 aromatic rings. The summed E-state index contributed by atoms with van der Waals surface area (Å²) in [7, 11) is 0. The fourth-order valence-corrected chi connectivity index (χ4v) is 1.49. The highest BCUT2D eigenvalue weighted by atomic mass is 16.6. The molecule has 1 aliphatic heterocycles. The van der Waals surface area contributed by atoms with Crippen LogP contribution in [0.1, 0.15) is 25.7 Å². The van der Waals surface area contributed by atoms with Crippen molar-refractivity contribution in [2.45, 2.75) is 25.7 Å². The molecule has 2 N–H and O–H groups in total. The van der Waals surface area contributed by atoms with Crippen LogP contribution in [0.2, 0.25) is 0 Å². The number of carbonyl (C=O) groups is 1. The van der Waals surface area contributed by atoms with E-state index < -0.39 is 0 Å². The molecule has 4 nitrogen and oxygen atoms in total. The van der Waals surface area contributed by atoms with Gasteiger partial charge in [0.25, 0.3) is 0 Å². The van der Waals surface area contributed by atoms with E-state index in [1.54, 1.807) is 4.90 Å². The molecule has 0 unspecified atom stereocenters. The highest BCUT2D eigenvalue weighted by Crippen LogP contribution is 2.10. The van der Waals surface area contributed by atoms with Crippen molar-refractivity contribution in [1.82, 2.24) is 4.90 Å². The molecule has 76 valence electrons. The van der Waals surface area contributed by atoms with E-state index in [0.29, 0.717) is 13.2 Å². The average Bonchev–Trinajstić information content (AvgIpc) is 2.42. The van der Waals surface area contributed by atoms with Gasteiger partial charge >= 0.3 is 6.09 Å². The summed E-state index contributed by atoms with van der Waals surface area (Å²) in [5, 5.41) is 0. The van der Waals surface area contributed by atoms with Crippen LogP contribution in [0.4, 0.5) is 4.79 Å². The average molecular weight is 186 g/mol. The summed E-state index contributed by atoms with van der Waals surface area (Å²) < 4.78 is 4.95. The number of nitrogens with two attached hydrogens (primary N) is 1. The van der Waals surface area contributed by atoms with E-state index >= 15 is 0 Å². The minimum absolute atomic E-state index is 0.202. The first-order chi connectivity index (χ1) is 6.34. The van der Waals surface area contributed by atoms with E-state index in [9.17, 15) is 4.79 Å². The molecular weight excluding hydrogens is 168 g/mol. The van der Waals surface area contributed by atoms with Crippen molar-refractivity contribution in [3.05, 3.63) is 0 Å². The molecule has 1 fully saturated rings. The molecule has 0 aromatic carbocycles. The summed E-state index contributed by atoms with van der Waals surface area (Å²) >= 11 is 0. The van der Waals surface area contributed by atoms with Gasteiger partial charge in [-0.25, -0.2) is 4.79 Å². The lowest BCUT2D eigenvalue weighted by Gasteiger charge is -2.19. The summed E-state index contributed by atoms with van der Waals surface area (Å²) in [5.41, 5.74) is 5.24. The number of carbonyl (C=O) groups excluding carboxylic acids is 1. The predicted octanol–water partition coefficient (Wildman–Crippen LogP) is 0.958. The highest BCUT2D eigenvalue weighted by molar-refractivity contribution is 5.67. The van der Waals surface area contributed by atoms with Crippen LogP contribution in [-0.2, 0) is 4.74 Å². The quantitative estimate of drug-likeness (QED) is 0.698. The van der Waals surface area contributed by atoms with Crippen molar-refractivity contribution in [3.8, 4) is 0 Å². The van der Waals surface area contributed by atoms with E-state index in [1.807, 2.05) is 0 Å². The molecule has 13 heavy (non-hydrogen) atoms. The molecule has 0 aliphatic carbocycles. The van der Waals surface area contributed by atoms with Crippen LogP contribution < -0.4 is 5.73 Å². The topological polar surface area (TPSA) is 55.6 Å². The van der Waals surface area contributed by atoms with Gasteiger partial charge in [-0.1, -0.05) is 12.8 Å². The molecule has 0 bridgehead atoms. The van der Waals surface area contributed by atoms with Crippen LogP contribution >= 0.6 is 0 Å². The Hall–Kier alpha value is -0.770. The summed E-state index contributed by atoms with van der Waals surface area (Å²) in [6.45, 7) is 2.40. The Morgan fingerprint density at radius 3 is 2.38 bits per heavy atom. The van der Waals surface area contributed by atoms with Gasteiger partial charge in [0.1, 0.15) is 6.61 Å². The molecule has 1 rings (SSSR count). The summed E-state index contributed by atoms with van der Waals surface area (Å²) in [4.78, 5) is 13.1. The lowest BCUT2D eigenvalue weighted by molar-refractivity contribution is 0.106. The van der Waals surface area contributed by atoms with Gasteiger partial charge < -0.3 is 15.4 Å². The van der Waals surface area contributed by atoms with Crippen LogP contribution in [0.25, 0.3) is 0 Å². The van der Waals surface area contributed by atoms with Crippen LogP contribution in [-0.4, -0.2) is 37.2 Å². The van der Waals surface area contributed by atoms with Crippen LogP contribution in [0, 0.1) is 0 Å². The largest absolute Gasteiger partial charge is 0.448 e. The summed E-state index contributed by atoms with van der Waals surface area (Å²) in [5.74, 6) is 0. The van der Waals surface area contributed by atoms with Crippen LogP contribution in [0.15, 0.2) is 0 Å². The maximum absolute atomic E-state index is 11.4. The van der Waals surface area contributed by atoms with Crippen molar-refractivity contribution < 1.29 is 9.53 Å². The minimum Gasteiger partial charge on any atom is -0.448 e. The lowest BCUT2D eigenvalue weighted by atomic mass is 10.2. The monoisotopic (exact) mass is 186 g/mol. The molecule has 1 aliphatic rings. The Balaban J connectivity index is 2.26. The second kappa shape index (κ2) is 5.80. The molecule has 0 spiro atoms. The SMILES string of the molecule is NCCOC(=O)N1CCCCCC1. The zero-order chi connectivity index (χ0) is 9.52. The molecular formula is C9H18N2O2. The number of amides is 1. The van der Waals surface area contributed by atoms with Crippen LogP contribution in [0.3, 0.4) is 0 Å². The van der Waals surface area contributed by atoms with Gasteiger partial charge in [0.2, 0.25) is 0 Å². The molecule has 0 aromatic heterocycles. The van der Waals surface area contributed by atoms with E-state index in [2.05, 4.69) is 0 Å². The molecule has 4 heteroatoms. The van der Waals surface area contributed by atoms with Crippen LogP contribution in [0.5, 0.6) is 0 Å². The smallest absolute Gasteiger partial charge is 0.409 e. The van der Waals surface area contributed by atoms with Gasteiger partial charge in [-0.2, -0.15) is 0 Å². The fourth-order valence-electron chi connectivity index (χ4n) is 1.49. The van der Waals surface area contributed by atoms with Gasteiger partial charge in [0.15, 0.2) is 0 Å². The molecule has 0 radical (unpaired) electrons. The molecule has 1 amide bonds. The number of rotatable bonds is 2. The van der Waals surface area contributed by atoms with E-state index in [1.165, 1.54) is 12.8 Å². The maximum Gasteiger partial charge on any atom is 0.409 e. The number of likely N-dealkylation sites (tertiary alicyclic amines) is 1. The minimum atomic E-state index is -0.202. The fraction of sp³-hybridized carbons (Fsp3) is 0.889. The van der Waals surface area contributed by atoms with Gasteiger partial charge in [-0.3, -0.25) is 0 Å². The van der Waals surface area contributed by atoms with Gasteiger partial charge in [0, 0.05) is 19.6 Å². The highest BCUT2D eigenvalue weighted by Gasteiger charge is 2.15. The van der Waals surface area contributed by atoms with E-state index in [-0.39, 0.29) is 6.09 Å². The Bertz CT molecular complexity index is 154. The summed E-state index contributed by atoms with van der Waals surface area (Å²) in [6.07, 6.45) is 4.43. The number of nitrogens with zero attached hydrogens (tertiary/aromatic N) is 1. The maximum atomic E-state index is 11.4. The first kappa shape index (κ1) is 10.3. The van der Waals surface area contributed by atoms with Crippen molar-refractivity contribution in [2.24, 2.45) is 5.73 Å². The molecule has 1 heterocycles. The van der Waals surface area contributed by atoms with Gasteiger partial charge in [0.05, 0.1) is 0 Å². The Kier molecular flexibility index (Phi) is 4.60. The van der Waals surface area contributed by atoms with Crippen molar-refractivity contribution in [3.63, 3.8) is 0 Å². The third-order valence-corrected chi connectivity index (χ3v) is 2.21. The molecule has 0 saturated carbocycles. The first-order valence-corrected chi connectivity index (χ1v) is 4.96. The third kappa shape index (κ3) is 3.63. The Morgan fingerprint density at radius 1 is 1.23 bits per heavy atom.